The fraction of sp³-hybridized carbons (Fsp3) is 0.533. The largest absolute Gasteiger partial charge is 0.427 e. The van der Waals surface area contributed by atoms with Crippen LogP contribution in [0.15, 0.2) is 18.2 Å². The topological polar surface area (TPSA) is 46.5 Å². The van der Waals surface area contributed by atoms with Crippen molar-refractivity contribution in [3.05, 3.63) is 29.3 Å². The van der Waals surface area contributed by atoms with Gasteiger partial charge in [-0.3, -0.25) is 4.79 Å². The second-order valence-electron chi connectivity index (χ2n) is 5.19. The predicted octanol–water partition coefficient (Wildman–Crippen LogP) is 2.91. The van der Waals surface area contributed by atoms with Gasteiger partial charge < -0.3 is 9.84 Å². The number of esters is 1. The third-order valence-electron chi connectivity index (χ3n) is 2.74. The first kappa shape index (κ1) is 14.7. The minimum absolute atomic E-state index is 0.0476. The molecule has 1 aromatic rings. The van der Waals surface area contributed by atoms with E-state index in [1.54, 1.807) is 0 Å². The molecule has 0 saturated carbocycles. The number of ether oxygens (including phenoxy) is 1. The van der Waals surface area contributed by atoms with Gasteiger partial charge in [0, 0.05) is 19.4 Å². The number of hydrogen-bond donors (Lipinski definition) is 1. The van der Waals surface area contributed by atoms with Gasteiger partial charge in [-0.2, -0.15) is 0 Å². The van der Waals surface area contributed by atoms with Crippen LogP contribution in [0.5, 0.6) is 5.75 Å². The highest BCUT2D eigenvalue weighted by molar-refractivity contribution is 5.69. The summed E-state index contributed by atoms with van der Waals surface area (Å²) < 4.78 is 5.15. The van der Waals surface area contributed by atoms with Gasteiger partial charge in [-0.05, 0) is 35.6 Å². The number of carbonyl (C=O) groups excluding carboxylic acids is 1. The zero-order chi connectivity index (χ0) is 13.7. The molecule has 0 aromatic heterocycles. The molecule has 1 aromatic carbocycles. The van der Waals surface area contributed by atoms with Gasteiger partial charge in [0.1, 0.15) is 5.75 Å². The predicted molar refractivity (Wildman–Crippen MR) is 71.8 cm³/mol. The Bertz CT molecular complexity index is 410. The number of aliphatic hydroxyl groups is 1. The van der Waals surface area contributed by atoms with E-state index < -0.39 is 0 Å². The van der Waals surface area contributed by atoms with Crippen molar-refractivity contribution in [2.24, 2.45) is 5.92 Å². The van der Waals surface area contributed by atoms with Crippen LogP contribution in [0.25, 0.3) is 0 Å². The van der Waals surface area contributed by atoms with Gasteiger partial charge in [-0.25, -0.2) is 0 Å². The molecule has 0 aliphatic heterocycles. The van der Waals surface area contributed by atoms with Crippen LogP contribution in [0.4, 0.5) is 0 Å². The van der Waals surface area contributed by atoms with Crippen molar-refractivity contribution in [1.82, 2.24) is 0 Å². The van der Waals surface area contributed by atoms with E-state index in [4.69, 9.17) is 4.74 Å². The average molecular weight is 250 g/mol. The molecule has 18 heavy (non-hydrogen) atoms. The molecule has 0 bridgehead atoms. The molecule has 100 valence electrons. The van der Waals surface area contributed by atoms with Crippen LogP contribution >= 0.6 is 0 Å². The second kappa shape index (κ2) is 6.55. The van der Waals surface area contributed by atoms with E-state index in [1.165, 1.54) is 6.92 Å². The van der Waals surface area contributed by atoms with Crippen LogP contribution in [0.1, 0.15) is 44.7 Å². The summed E-state index contributed by atoms with van der Waals surface area (Å²) >= 11 is 0. The third kappa shape index (κ3) is 4.49. The van der Waals surface area contributed by atoms with Crippen LogP contribution in [-0.4, -0.2) is 17.7 Å². The van der Waals surface area contributed by atoms with E-state index in [-0.39, 0.29) is 18.5 Å². The maximum atomic E-state index is 11.0. The minimum atomic E-state index is -0.320. The Morgan fingerprint density at radius 2 is 1.94 bits per heavy atom. The third-order valence-corrected chi connectivity index (χ3v) is 2.74. The number of rotatable bonds is 5. The van der Waals surface area contributed by atoms with Crippen LogP contribution in [0.3, 0.4) is 0 Å². The lowest BCUT2D eigenvalue weighted by Crippen LogP contribution is -2.06. The van der Waals surface area contributed by atoms with Gasteiger partial charge in [0.15, 0.2) is 0 Å². The minimum Gasteiger partial charge on any atom is -0.427 e. The van der Waals surface area contributed by atoms with E-state index in [0.29, 0.717) is 11.7 Å². The first-order valence-corrected chi connectivity index (χ1v) is 6.35. The molecule has 0 fully saturated rings. The quantitative estimate of drug-likeness (QED) is 0.645. The van der Waals surface area contributed by atoms with E-state index >= 15 is 0 Å². The van der Waals surface area contributed by atoms with Gasteiger partial charge >= 0.3 is 5.97 Å². The maximum Gasteiger partial charge on any atom is 0.308 e. The van der Waals surface area contributed by atoms with Crippen molar-refractivity contribution in [3.63, 3.8) is 0 Å². The zero-order valence-corrected chi connectivity index (χ0v) is 11.6. The average Bonchev–Trinajstić information content (AvgIpc) is 2.25. The molecular formula is C15H22O3. The summed E-state index contributed by atoms with van der Waals surface area (Å²) in [5.74, 6) is 0.830. The van der Waals surface area contributed by atoms with Crippen molar-refractivity contribution < 1.29 is 14.6 Å². The van der Waals surface area contributed by atoms with Gasteiger partial charge in [-0.15, -0.1) is 0 Å². The molecule has 1 atom stereocenters. The molecule has 3 heteroatoms. The SMILES string of the molecule is CC(=O)Oc1cc(CC(C)C)cc(C(C)CO)c1. The van der Waals surface area contributed by atoms with Crippen molar-refractivity contribution in [1.29, 1.82) is 0 Å². The lowest BCUT2D eigenvalue weighted by molar-refractivity contribution is -0.131. The summed E-state index contributed by atoms with van der Waals surface area (Å²) in [6.45, 7) is 7.72. The Hall–Kier alpha value is -1.35. The summed E-state index contributed by atoms with van der Waals surface area (Å²) in [5.41, 5.74) is 2.14. The molecule has 0 amide bonds. The van der Waals surface area contributed by atoms with Gasteiger partial charge in [0.2, 0.25) is 0 Å². The Morgan fingerprint density at radius 3 is 2.44 bits per heavy atom. The van der Waals surface area contributed by atoms with Crippen LogP contribution in [-0.2, 0) is 11.2 Å². The smallest absolute Gasteiger partial charge is 0.308 e. The molecule has 0 aliphatic rings. The molecule has 1 N–H and O–H groups in total. The lowest BCUT2D eigenvalue weighted by Gasteiger charge is -2.14. The van der Waals surface area contributed by atoms with Crippen molar-refractivity contribution in [2.75, 3.05) is 6.61 Å². The summed E-state index contributed by atoms with van der Waals surface area (Å²) in [6, 6.07) is 5.80. The highest BCUT2D eigenvalue weighted by Crippen LogP contribution is 2.25. The van der Waals surface area contributed by atoms with E-state index in [0.717, 1.165) is 17.5 Å². The molecule has 3 nitrogen and oxygen atoms in total. The summed E-state index contributed by atoms with van der Waals surface area (Å²) in [6.07, 6.45) is 0.931. The van der Waals surface area contributed by atoms with Gasteiger partial charge in [-0.1, -0.05) is 26.8 Å². The highest BCUT2D eigenvalue weighted by atomic mass is 16.5. The number of carbonyl (C=O) groups is 1. The monoisotopic (exact) mass is 250 g/mol. The summed E-state index contributed by atoms with van der Waals surface area (Å²) in [5, 5.41) is 9.23. The Balaban J connectivity index is 3.06. The normalized spacial score (nSPS) is 12.6. The Morgan fingerprint density at radius 1 is 1.28 bits per heavy atom. The van der Waals surface area contributed by atoms with Crippen molar-refractivity contribution in [2.45, 2.75) is 40.0 Å². The Labute approximate surface area is 109 Å². The molecule has 1 unspecified atom stereocenters. The second-order valence-corrected chi connectivity index (χ2v) is 5.19. The first-order valence-electron chi connectivity index (χ1n) is 6.35. The molecule has 0 saturated heterocycles. The van der Waals surface area contributed by atoms with E-state index in [2.05, 4.69) is 19.9 Å². The van der Waals surface area contributed by atoms with Crippen LogP contribution < -0.4 is 4.74 Å². The van der Waals surface area contributed by atoms with Gasteiger partial charge in [0.05, 0.1) is 0 Å². The summed E-state index contributed by atoms with van der Waals surface area (Å²) in [7, 11) is 0. The zero-order valence-electron chi connectivity index (χ0n) is 11.6. The van der Waals surface area contributed by atoms with Crippen molar-refractivity contribution in [3.8, 4) is 5.75 Å². The van der Waals surface area contributed by atoms with E-state index in [1.807, 2.05) is 19.1 Å². The molecule has 1 rings (SSSR count). The lowest BCUT2D eigenvalue weighted by atomic mass is 9.95. The van der Waals surface area contributed by atoms with Crippen molar-refractivity contribution >= 4 is 5.97 Å². The van der Waals surface area contributed by atoms with Crippen LogP contribution in [0, 0.1) is 5.92 Å². The maximum absolute atomic E-state index is 11.0. The molecule has 0 heterocycles. The van der Waals surface area contributed by atoms with E-state index in [9.17, 15) is 9.90 Å². The first-order chi connectivity index (χ1) is 8.42. The number of aliphatic hydroxyl groups excluding tert-OH is 1. The van der Waals surface area contributed by atoms with Gasteiger partial charge in [0.25, 0.3) is 0 Å². The molecule has 0 spiro atoms. The fourth-order valence-electron chi connectivity index (χ4n) is 1.89. The summed E-state index contributed by atoms with van der Waals surface area (Å²) in [4.78, 5) is 11.0. The Kier molecular flexibility index (Phi) is 5.35. The molecule has 0 radical (unpaired) electrons. The highest BCUT2D eigenvalue weighted by Gasteiger charge is 2.10. The molecular weight excluding hydrogens is 228 g/mol. The molecule has 0 aliphatic carbocycles. The number of benzene rings is 1. The number of hydrogen-bond acceptors (Lipinski definition) is 3. The standard InChI is InChI=1S/C15H22O3/c1-10(2)5-13-6-14(11(3)9-16)8-15(7-13)18-12(4)17/h6-8,10-11,16H,5,9H2,1-4H3. The fourth-order valence-corrected chi connectivity index (χ4v) is 1.89. The van der Waals surface area contributed by atoms with Crippen LogP contribution in [0.2, 0.25) is 0 Å².